The zero-order chi connectivity index (χ0) is 19.1. The summed E-state index contributed by atoms with van der Waals surface area (Å²) in [7, 11) is 0. The lowest BCUT2D eigenvalue weighted by Crippen LogP contribution is -2.01. The number of hydrogen-bond acceptors (Lipinski definition) is 8. The van der Waals surface area contributed by atoms with E-state index >= 15 is 0 Å². The second-order valence-corrected chi connectivity index (χ2v) is 8.25. The van der Waals surface area contributed by atoms with Crippen LogP contribution in [0.25, 0.3) is 20.9 Å². The van der Waals surface area contributed by atoms with Gasteiger partial charge in [-0.3, -0.25) is 4.79 Å². The monoisotopic (exact) mass is 430 g/mol. The Labute approximate surface area is 172 Å². The number of thioether (sulfide) groups is 1. The van der Waals surface area contributed by atoms with Gasteiger partial charge in [0.2, 0.25) is 6.79 Å². The standard InChI is InChI=1S/C19H11ClN2O4S2/c20-16-11-6-13-14(25-9-24-13)7-15(11)28-17(16)18-21-22-19(26-18)27-8-12(23)10-4-2-1-3-5-10/h1-7H,8-9H2. The van der Waals surface area contributed by atoms with Crippen molar-refractivity contribution < 1.29 is 18.7 Å². The molecule has 5 rings (SSSR count). The Balaban J connectivity index is 1.37. The van der Waals surface area contributed by atoms with Crippen molar-refractivity contribution in [1.29, 1.82) is 0 Å². The zero-order valence-corrected chi connectivity index (χ0v) is 16.6. The maximum Gasteiger partial charge on any atom is 0.277 e. The normalized spacial score (nSPS) is 12.6. The van der Waals surface area contributed by atoms with E-state index in [-0.39, 0.29) is 18.3 Å². The molecule has 140 valence electrons. The Bertz CT molecular complexity index is 1190. The van der Waals surface area contributed by atoms with Crippen LogP contribution in [0.2, 0.25) is 5.02 Å². The number of benzene rings is 2. The van der Waals surface area contributed by atoms with Gasteiger partial charge >= 0.3 is 0 Å². The molecule has 0 atom stereocenters. The van der Waals surface area contributed by atoms with E-state index in [9.17, 15) is 4.79 Å². The van der Waals surface area contributed by atoms with Crippen molar-refractivity contribution in [2.75, 3.05) is 12.5 Å². The summed E-state index contributed by atoms with van der Waals surface area (Å²) in [5, 5.41) is 9.80. The summed E-state index contributed by atoms with van der Waals surface area (Å²) in [6.45, 7) is 0.211. The summed E-state index contributed by atoms with van der Waals surface area (Å²) in [6, 6.07) is 12.8. The molecule has 0 radical (unpaired) electrons. The van der Waals surface area contributed by atoms with Gasteiger partial charge in [-0.15, -0.1) is 21.5 Å². The van der Waals surface area contributed by atoms with Gasteiger partial charge in [0, 0.05) is 21.7 Å². The topological polar surface area (TPSA) is 74.5 Å². The number of fused-ring (bicyclic) bond motifs is 2. The lowest BCUT2D eigenvalue weighted by molar-refractivity contribution is 0.102. The lowest BCUT2D eigenvalue weighted by Gasteiger charge is -1.97. The van der Waals surface area contributed by atoms with E-state index in [0.29, 0.717) is 38.1 Å². The summed E-state index contributed by atoms with van der Waals surface area (Å²) in [5.74, 6) is 1.90. The smallest absolute Gasteiger partial charge is 0.277 e. The molecule has 9 heteroatoms. The molecular formula is C19H11ClN2O4S2. The second kappa shape index (κ2) is 7.12. The molecule has 0 saturated heterocycles. The molecule has 1 aliphatic heterocycles. The molecule has 3 heterocycles. The van der Waals surface area contributed by atoms with Crippen LogP contribution in [0.3, 0.4) is 0 Å². The van der Waals surface area contributed by atoms with Crippen molar-refractivity contribution >= 4 is 50.6 Å². The quantitative estimate of drug-likeness (QED) is 0.314. The van der Waals surface area contributed by atoms with Crippen molar-refractivity contribution in [3.63, 3.8) is 0 Å². The minimum absolute atomic E-state index is 0.000222. The highest BCUT2D eigenvalue weighted by atomic mass is 35.5. The average molecular weight is 431 g/mol. The number of carbonyl (C=O) groups is 1. The molecular weight excluding hydrogens is 420 g/mol. The third kappa shape index (κ3) is 3.13. The van der Waals surface area contributed by atoms with Crippen LogP contribution in [0.15, 0.2) is 52.1 Å². The van der Waals surface area contributed by atoms with E-state index in [1.807, 2.05) is 30.3 Å². The number of ketones is 1. The van der Waals surface area contributed by atoms with Gasteiger partial charge in [-0.25, -0.2) is 0 Å². The van der Waals surface area contributed by atoms with Crippen LogP contribution >= 0.6 is 34.7 Å². The van der Waals surface area contributed by atoms with Crippen molar-refractivity contribution in [2.45, 2.75) is 5.22 Å². The van der Waals surface area contributed by atoms with Crippen molar-refractivity contribution in [2.24, 2.45) is 0 Å². The second-order valence-electron chi connectivity index (χ2n) is 5.90. The van der Waals surface area contributed by atoms with Crippen molar-refractivity contribution in [1.82, 2.24) is 10.2 Å². The lowest BCUT2D eigenvalue weighted by atomic mass is 10.2. The van der Waals surface area contributed by atoms with E-state index in [4.69, 9.17) is 25.5 Å². The van der Waals surface area contributed by atoms with Crippen LogP contribution < -0.4 is 9.47 Å². The summed E-state index contributed by atoms with van der Waals surface area (Å²) in [6.07, 6.45) is 0. The Morgan fingerprint density at radius 3 is 2.75 bits per heavy atom. The van der Waals surface area contributed by atoms with Crippen LogP contribution in [0.1, 0.15) is 10.4 Å². The van der Waals surface area contributed by atoms with Gasteiger partial charge in [0.05, 0.1) is 10.8 Å². The van der Waals surface area contributed by atoms with E-state index < -0.39 is 0 Å². The van der Waals surface area contributed by atoms with Crippen LogP contribution in [0.5, 0.6) is 11.5 Å². The highest BCUT2D eigenvalue weighted by molar-refractivity contribution is 7.99. The number of carbonyl (C=O) groups excluding carboxylic acids is 1. The highest BCUT2D eigenvalue weighted by Gasteiger charge is 2.22. The first-order valence-electron chi connectivity index (χ1n) is 8.25. The minimum Gasteiger partial charge on any atom is -0.454 e. The Hall–Kier alpha value is -2.55. The molecule has 0 spiro atoms. The number of nitrogens with zero attached hydrogens (tertiary/aromatic N) is 2. The molecule has 0 amide bonds. The van der Waals surface area contributed by atoms with E-state index in [0.717, 1.165) is 10.1 Å². The molecule has 2 aromatic carbocycles. The number of hydrogen-bond donors (Lipinski definition) is 0. The first-order chi connectivity index (χ1) is 13.7. The predicted octanol–water partition coefficient (Wildman–Crippen LogP) is 5.31. The molecule has 0 unspecified atom stereocenters. The fourth-order valence-electron chi connectivity index (χ4n) is 2.79. The van der Waals surface area contributed by atoms with Crippen LogP contribution in [-0.2, 0) is 0 Å². The highest BCUT2D eigenvalue weighted by Crippen LogP contribution is 2.46. The molecule has 0 saturated carbocycles. The molecule has 6 nitrogen and oxygen atoms in total. The van der Waals surface area contributed by atoms with Crippen molar-refractivity contribution in [3.8, 4) is 22.3 Å². The molecule has 2 aromatic heterocycles. The number of thiophene rings is 1. The summed E-state index contributed by atoms with van der Waals surface area (Å²) < 4.78 is 17.5. The summed E-state index contributed by atoms with van der Waals surface area (Å²) in [4.78, 5) is 12.9. The van der Waals surface area contributed by atoms with Gasteiger partial charge in [0.25, 0.3) is 11.1 Å². The molecule has 0 bridgehead atoms. The molecule has 4 aromatic rings. The number of halogens is 1. The molecule has 0 fully saturated rings. The van der Waals surface area contributed by atoms with Crippen molar-refractivity contribution in [3.05, 3.63) is 53.1 Å². The van der Waals surface area contributed by atoms with Crippen LogP contribution in [-0.4, -0.2) is 28.5 Å². The van der Waals surface area contributed by atoms with Gasteiger partial charge in [0.15, 0.2) is 17.3 Å². The summed E-state index contributed by atoms with van der Waals surface area (Å²) in [5.41, 5.74) is 0.653. The van der Waals surface area contributed by atoms with Crippen LogP contribution in [0.4, 0.5) is 0 Å². The van der Waals surface area contributed by atoms with Crippen LogP contribution in [0, 0.1) is 0 Å². The van der Waals surface area contributed by atoms with Gasteiger partial charge in [-0.05, 0) is 6.07 Å². The SMILES string of the molecule is O=C(CSc1nnc(-c2sc3cc4c(cc3c2Cl)OCO4)o1)c1ccccc1. The fourth-order valence-corrected chi connectivity index (χ4v) is 4.88. The number of rotatable bonds is 5. The zero-order valence-electron chi connectivity index (χ0n) is 14.2. The third-order valence-electron chi connectivity index (χ3n) is 4.15. The number of Topliss-reactive ketones (excluding diaryl/α,β-unsaturated/α-hetero) is 1. The molecule has 28 heavy (non-hydrogen) atoms. The first-order valence-corrected chi connectivity index (χ1v) is 10.4. The maximum atomic E-state index is 12.2. The molecule has 0 aliphatic carbocycles. The molecule has 0 N–H and O–H groups in total. The maximum absolute atomic E-state index is 12.2. The summed E-state index contributed by atoms with van der Waals surface area (Å²) >= 11 is 9.17. The number of ether oxygens (including phenoxy) is 2. The fraction of sp³-hybridized carbons (Fsp3) is 0.105. The van der Waals surface area contributed by atoms with E-state index in [1.54, 1.807) is 12.1 Å². The first kappa shape index (κ1) is 17.5. The largest absolute Gasteiger partial charge is 0.454 e. The van der Waals surface area contributed by atoms with E-state index in [2.05, 4.69) is 10.2 Å². The molecule has 1 aliphatic rings. The average Bonchev–Trinajstić information content (AvgIpc) is 3.44. The minimum atomic E-state index is -0.000222. The Kier molecular flexibility index (Phi) is 4.46. The third-order valence-corrected chi connectivity index (χ3v) is 6.61. The Morgan fingerprint density at radius 2 is 1.93 bits per heavy atom. The predicted molar refractivity (Wildman–Crippen MR) is 108 cm³/mol. The van der Waals surface area contributed by atoms with Gasteiger partial charge in [-0.1, -0.05) is 53.7 Å². The van der Waals surface area contributed by atoms with Gasteiger partial charge < -0.3 is 13.9 Å². The number of aromatic nitrogens is 2. The van der Waals surface area contributed by atoms with Gasteiger partial charge in [-0.2, -0.15) is 0 Å². The van der Waals surface area contributed by atoms with E-state index in [1.165, 1.54) is 23.1 Å². The van der Waals surface area contributed by atoms with Gasteiger partial charge in [0.1, 0.15) is 4.88 Å². The Morgan fingerprint density at radius 1 is 1.14 bits per heavy atom.